The summed E-state index contributed by atoms with van der Waals surface area (Å²) >= 11 is 0. The van der Waals surface area contributed by atoms with E-state index in [1.54, 1.807) is 6.92 Å². The first-order valence-corrected chi connectivity index (χ1v) is 5.14. The minimum atomic E-state index is -1.44. The average Bonchev–Trinajstić information content (AvgIpc) is 2.62. The predicted molar refractivity (Wildman–Crippen MR) is 56.3 cm³/mol. The molecule has 3 amide bonds. The van der Waals surface area contributed by atoms with Crippen LogP contribution in [0.1, 0.15) is 13.3 Å². The Kier molecular flexibility index (Phi) is 3.89. The van der Waals surface area contributed by atoms with Gasteiger partial charge in [0.25, 0.3) is 0 Å². The number of carbonyl (C=O) groups excluding carboxylic acids is 2. The van der Waals surface area contributed by atoms with Gasteiger partial charge in [-0.1, -0.05) is 0 Å². The Morgan fingerprint density at radius 1 is 1.53 bits per heavy atom. The number of amides is 3. The zero-order chi connectivity index (χ0) is 13.1. The number of hydrogen-bond donors (Lipinski definition) is 3. The van der Waals surface area contributed by atoms with Crippen LogP contribution in [0.5, 0.6) is 0 Å². The van der Waals surface area contributed by atoms with Crippen molar-refractivity contribution in [2.45, 2.75) is 18.9 Å². The fourth-order valence-electron chi connectivity index (χ4n) is 1.51. The van der Waals surface area contributed by atoms with Gasteiger partial charge in [-0.3, -0.25) is 4.79 Å². The van der Waals surface area contributed by atoms with Crippen LogP contribution in [-0.2, 0) is 9.53 Å². The van der Waals surface area contributed by atoms with E-state index in [-0.39, 0.29) is 26.1 Å². The lowest BCUT2D eigenvalue weighted by atomic mass is 10.0. The second-order valence-corrected chi connectivity index (χ2v) is 3.78. The Morgan fingerprint density at radius 2 is 2.18 bits per heavy atom. The summed E-state index contributed by atoms with van der Waals surface area (Å²) in [7, 11) is 0. The van der Waals surface area contributed by atoms with Gasteiger partial charge in [0.05, 0.1) is 13.2 Å². The van der Waals surface area contributed by atoms with Crippen molar-refractivity contribution in [2.24, 2.45) is 5.73 Å². The molecule has 1 atom stereocenters. The molecule has 0 aromatic heterocycles. The summed E-state index contributed by atoms with van der Waals surface area (Å²) in [6, 6.07) is -0.697. The number of carboxylic acids is 1. The number of alkyl carbamates (subject to hydrolysis) is 1. The molecule has 0 radical (unpaired) electrons. The molecule has 1 fully saturated rings. The van der Waals surface area contributed by atoms with Crippen LogP contribution in [0.2, 0.25) is 0 Å². The van der Waals surface area contributed by atoms with E-state index in [0.717, 1.165) is 0 Å². The lowest BCUT2D eigenvalue weighted by Crippen LogP contribution is -2.52. The summed E-state index contributed by atoms with van der Waals surface area (Å²) < 4.78 is 4.53. The van der Waals surface area contributed by atoms with Crippen molar-refractivity contribution >= 4 is 18.1 Å². The molecule has 1 aliphatic heterocycles. The van der Waals surface area contributed by atoms with Crippen LogP contribution in [-0.4, -0.2) is 53.3 Å². The van der Waals surface area contributed by atoms with E-state index < -0.39 is 23.6 Å². The first-order chi connectivity index (χ1) is 7.89. The van der Waals surface area contributed by atoms with Gasteiger partial charge in [0.1, 0.15) is 5.54 Å². The molecule has 4 N–H and O–H groups in total. The maximum absolute atomic E-state index is 11.5. The molecule has 1 aliphatic rings. The van der Waals surface area contributed by atoms with E-state index in [4.69, 9.17) is 10.8 Å². The summed E-state index contributed by atoms with van der Waals surface area (Å²) in [6.45, 7) is 1.81. The topological polar surface area (TPSA) is 122 Å². The molecule has 0 aromatic rings. The number of nitrogens with two attached hydrogens (primary N) is 1. The van der Waals surface area contributed by atoms with E-state index >= 15 is 0 Å². The van der Waals surface area contributed by atoms with Gasteiger partial charge in [-0.15, -0.1) is 0 Å². The summed E-state index contributed by atoms with van der Waals surface area (Å²) in [5.74, 6) is -1.16. The Labute approximate surface area is 97.7 Å². The Hall–Kier alpha value is -1.83. The maximum Gasteiger partial charge on any atom is 0.415 e. The normalized spacial score (nSPS) is 23.3. The van der Waals surface area contributed by atoms with Gasteiger partial charge in [-0.25, -0.2) is 14.9 Å². The first kappa shape index (κ1) is 13.2. The Balaban J connectivity index is 2.51. The molecule has 17 heavy (non-hydrogen) atoms. The second kappa shape index (κ2) is 5.00. The quantitative estimate of drug-likeness (QED) is 0.593. The van der Waals surface area contributed by atoms with Gasteiger partial charge in [-0.05, 0) is 13.3 Å². The van der Waals surface area contributed by atoms with E-state index in [1.807, 2.05) is 5.32 Å². The van der Waals surface area contributed by atoms with E-state index in [2.05, 4.69) is 4.74 Å². The number of likely N-dealkylation sites (tertiary alicyclic amines) is 1. The number of imide groups is 1. The molecular weight excluding hydrogens is 230 g/mol. The second-order valence-electron chi connectivity index (χ2n) is 3.78. The number of aliphatic carboxylic acids is 1. The summed E-state index contributed by atoms with van der Waals surface area (Å²) in [4.78, 5) is 34.5. The van der Waals surface area contributed by atoms with Crippen molar-refractivity contribution in [1.29, 1.82) is 0 Å². The molecule has 1 saturated heterocycles. The van der Waals surface area contributed by atoms with Crippen molar-refractivity contribution in [3.05, 3.63) is 0 Å². The molecule has 0 bridgehead atoms. The molecule has 0 aliphatic carbocycles. The van der Waals surface area contributed by atoms with Gasteiger partial charge in [0, 0.05) is 6.54 Å². The number of rotatable bonds is 2. The standard InChI is InChI=1S/C9H15N3O5/c1-2-17-8(16)11-7(15)12-4-3-9(10,5-12)6(13)14/h2-5,10H2,1H3,(H,13,14)(H,11,15,16)/t9-/m1/s1. The summed E-state index contributed by atoms with van der Waals surface area (Å²) in [6.07, 6.45) is -0.708. The van der Waals surface area contributed by atoms with Crippen LogP contribution in [0.3, 0.4) is 0 Å². The number of nitrogens with one attached hydrogen (secondary N) is 1. The van der Waals surface area contributed by atoms with Gasteiger partial charge in [0.15, 0.2) is 0 Å². The SMILES string of the molecule is CCOC(=O)NC(=O)N1CC[C@](N)(C(=O)O)C1. The molecule has 8 heteroatoms. The minimum Gasteiger partial charge on any atom is -0.480 e. The van der Waals surface area contributed by atoms with E-state index in [9.17, 15) is 14.4 Å². The largest absolute Gasteiger partial charge is 0.480 e. The smallest absolute Gasteiger partial charge is 0.415 e. The minimum absolute atomic E-state index is 0.131. The van der Waals surface area contributed by atoms with Gasteiger partial charge >= 0.3 is 18.1 Å². The van der Waals surface area contributed by atoms with Crippen molar-refractivity contribution in [3.63, 3.8) is 0 Å². The van der Waals surface area contributed by atoms with Crippen molar-refractivity contribution in [1.82, 2.24) is 10.2 Å². The third-order valence-electron chi connectivity index (χ3n) is 2.50. The van der Waals surface area contributed by atoms with Gasteiger partial charge in [-0.2, -0.15) is 0 Å². The highest BCUT2D eigenvalue weighted by atomic mass is 16.5. The molecule has 8 nitrogen and oxygen atoms in total. The number of nitrogens with zero attached hydrogens (tertiary/aromatic N) is 1. The van der Waals surface area contributed by atoms with Crippen molar-refractivity contribution < 1.29 is 24.2 Å². The number of carbonyl (C=O) groups is 3. The Morgan fingerprint density at radius 3 is 2.65 bits per heavy atom. The maximum atomic E-state index is 11.5. The molecule has 0 aromatic carbocycles. The van der Waals surface area contributed by atoms with Crippen molar-refractivity contribution in [2.75, 3.05) is 19.7 Å². The monoisotopic (exact) mass is 245 g/mol. The van der Waals surface area contributed by atoms with Crippen LogP contribution in [0.15, 0.2) is 0 Å². The summed E-state index contributed by atoms with van der Waals surface area (Å²) in [5.41, 5.74) is 4.14. The van der Waals surface area contributed by atoms with Crippen LogP contribution < -0.4 is 11.1 Å². The Bertz CT molecular complexity index is 346. The van der Waals surface area contributed by atoms with Gasteiger partial charge < -0.3 is 20.5 Å². The third kappa shape index (κ3) is 3.06. The zero-order valence-electron chi connectivity index (χ0n) is 9.43. The molecule has 0 saturated carbocycles. The van der Waals surface area contributed by atoms with E-state index in [0.29, 0.717) is 0 Å². The highest BCUT2D eigenvalue weighted by Gasteiger charge is 2.43. The zero-order valence-corrected chi connectivity index (χ0v) is 9.43. The van der Waals surface area contributed by atoms with Crippen molar-refractivity contribution in [3.8, 4) is 0 Å². The fraction of sp³-hybridized carbons (Fsp3) is 0.667. The van der Waals surface area contributed by atoms with E-state index in [1.165, 1.54) is 4.90 Å². The lowest BCUT2D eigenvalue weighted by Gasteiger charge is -2.19. The lowest BCUT2D eigenvalue weighted by molar-refractivity contribution is -0.142. The van der Waals surface area contributed by atoms with Crippen LogP contribution >= 0.6 is 0 Å². The van der Waals surface area contributed by atoms with Crippen LogP contribution in [0.4, 0.5) is 9.59 Å². The molecule has 1 rings (SSSR count). The molecule has 0 unspecified atom stereocenters. The number of ether oxygens (including phenoxy) is 1. The molecular formula is C9H15N3O5. The number of urea groups is 1. The third-order valence-corrected chi connectivity index (χ3v) is 2.50. The molecule has 96 valence electrons. The van der Waals surface area contributed by atoms with Gasteiger partial charge in [0.2, 0.25) is 0 Å². The predicted octanol–water partition coefficient (Wildman–Crippen LogP) is -0.660. The first-order valence-electron chi connectivity index (χ1n) is 5.14. The average molecular weight is 245 g/mol. The van der Waals surface area contributed by atoms with Crippen LogP contribution in [0.25, 0.3) is 0 Å². The molecule has 0 spiro atoms. The number of hydrogen-bond acceptors (Lipinski definition) is 5. The highest BCUT2D eigenvalue weighted by Crippen LogP contribution is 2.18. The van der Waals surface area contributed by atoms with Crippen LogP contribution in [0, 0.1) is 0 Å². The molecule has 1 heterocycles. The highest BCUT2D eigenvalue weighted by molar-refractivity contribution is 5.91. The fourth-order valence-corrected chi connectivity index (χ4v) is 1.51. The summed E-state index contributed by atoms with van der Waals surface area (Å²) in [5, 5.41) is 10.8. The number of carboxylic acid groups (broad SMARTS) is 1.